The average Bonchev–Trinajstić information content (AvgIpc) is 2.71. The molecular formula is C11H8ClN3O3. The Bertz CT molecular complexity index is 619. The Hall–Kier alpha value is -2.21. The summed E-state index contributed by atoms with van der Waals surface area (Å²) in [5, 5.41) is 15.1. The van der Waals surface area contributed by atoms with Crippen molar-refractivity contribution in [3.8, 4) is 0 Å². The Kier molecular flexibility index (Phi) is 3.12. The number of benzene rings is 1. The van der Waals surface area contributed by atoms with Crippen LogP contribution >= 0.6 is 11.6 Å². The minimum atomic E-state index is -0.629. The number of ketones is 1. The van der Waals surface area contributed by atoms with Crippen molar-refractivity contribution in [2.24, 2.45) is 7.05 Å². The summed E-state index contributed by atoms with van der Waals surface area (Å²) in [6.07, 6.45) is 1.20. The van der Waals surface area contributed by atoms with Crippen molar-refractivity contribution in [3.05, 3.63) is 56.9 Å². The van der Waals surface area contributed by atoms with Crippen molar-refractivity contribution in [1.29, 1.82) is 0 Å². The van der Waals surface area contributed by atoms with Gasteiger partial charge < -0.3 is 0 Å². The Balaban J connectivity index is 2.45. The number of hydrogen-bond donors (Lipinski definition) is 0. The van der Waals surface area contributed by atoms with Gasteiger partial charge in [-0.25, -0.2) is 0 Å². The fourth-order valence-corrected chi connectivity index (χ4v) is 1.64. The number of aryl methyl sites for hydroxylation is 1. The molecule has 1 heterocycles. The topological polar surface area (TPSA) is 78.0 Å². The summed E-state index contributed by atoms with van der Waals surface area (Å²) in [5.74, 6) is -0.501. The molecule has 0 aliphatic heterocycles. The van der Waals surface area contributed by atoms with E-state index in [0.717, 1.165) is 0 Å². The zero-order valence-corrected chi connectivity index (χ0v) is 10.1. The van der Waals surface area contributed by atoms with E-state index in [1.165, 1.54) is 30.1 Å². The van der Waals surface area contributed by atoms with Gasteiger partial charge in [-0.15, -0.1) is 0 Å². The summed E-state index contributed by atoms with van der Waals surface area (Å²) in [4.78, 5) is 22.2. The van der Waals surface area contributed by atoms with Crippen LogP contribution in [0.1, 0.15) is 16.1 Å². The first-order chi connectivity index (χ1) is 8.49. The molecule has 0 unspecified atom stereocenters. The lowest BCUT2D eigenvalue weighted by atomic mass is 10.1. The van der Waals surface area contributed by atoms with Crippen LogP contribution in [0.3, 0.4) is 0 Å². The molecule has 18 heavy (non-hydrogen) atoms. The lowest BCUT2D eigenvalue weighted by Gasteiger charge is -1.97. The fourth-order valence-electron chi connectivity index (χ4n) is 1.51. The molecule has 0 radical (unpaired) electrons. The number of carbonyl (C=O) groups is 1. The van der Waals surface area contributed by atoms with Gasteiger partial charge in [-0.05, 0) is 24.3 Å². The van der Waals surface area contributed by atoms with Gasteiger partial charge in [0.2, 0.25) is 11.5 Å². The maximum Gasteiger partial charge on any atom is 0.318 e. The molecule has 0 amide bonds. The van der Waals surface area contributed by atoms with Gasteiger partial charge in [0.1, 0.15) is 6.20 Å². The van der Waals surface area contributed by atoms with E-state index in [1.807, 2.05) is 0 Å². The van der Waals surface area contributed by atoms with Gasteiger partial charge in [0.15, 0.2) is 0 Å². The van der Waals surface area contributed by atoms with Crippen molar-refractivity contribution in [3.63, 3.8) is 0 Å². The highest BCUT2D eigenvalue weighted by Gasteiger charge is 2.25. The Morgan fingerprint density at radius 2 is 2.00 bits per heavy atom. The summed E-state index contributed by atoms with van der Waals surface area (Å²) in [7, 11) is 1.52. The van der Waals surface area contributed by atoms with Crippen LogP contribution in [0, 0.1) is 10.1 Å². The molecule has 0 saturated carbocycles. The first kappa shape index (κ1) is 12.3. The summed E-state index contributed by atoms with van der Waals surface area (Å²) in [5.41, 5.74) is -0.177. The van der Waals surface area contributed by atoms with Gasteiger partial charge in [-0.3, -0.25) is 19.6 Å². The molecule has 2 aromatic rings. The molecule has 7 heteroatoms. The molecule has 92 valence electrons. The predicted molar refractivity (Wildman–Crippen MR) is 64.7 cm³/mol. The molecule has 0 aliphatic carbocycles. The highest BCUT2D eigenvalue weighted by molar-refractivity contribution is 6.30. The summed E-state index contributed by atoms with van der Waals surface area (Å²) >= 11 is 5.71. The van der Waals surface area contributed by atoms with E-state index in [-0.39, 0.29) is 11.4 Å². The van der Waals surface area contributed by atoms with E-state index in [4.69, 9.17) is 11.6 Å². The average molecular weight is 266 g/mol. The smallest absolute Gasteiger partial charge is 0.286 e. The molecular weight excluding hydrogens is 258 g/mol. The second-order valence-corrected chi connectivity index (χ2v) is 4.07. The third kappa shape index (κ3) is 2.23. The van der Waals surface area contributed by atoms with Gasteiger partial charge in [0, 0.05) is 17.6 Å². The lowest BCUT2D eigenvalue weighted by molar-refractivity contribution is -0.385. The van der Waals surface area contributed by atoms with Crippen molar-refractivity contribution >= 4 is 23.1 Å². The number of aromatic nitrogens is 2. The van der Waals surface area contributed by atoms with Crippen molar-refractivity contribution in [1.82, 2.24) is 9.78 Å². The minimum absolute atomic E-state index is 0.176. The Morgan fingerprint density at radius 1 is 1.39 bits per heavy atom. The van der Waals surface area contributed by atoms with Gasteiger partial charge in [-0.2, -0.15) is 5.10 Å². The number of nitro groups is 1. The SMILES string of the molecule is Cn1cc([N+](=O)[O-])c(C(=O)c2ccc(Cl)cc2)n1. The minimum Gasteiger partial charge on any atom is -0.286 e. The van der Waals surface area contributed by atoms with Crippen LogP contribution in [-0.4, -0.2) is 20.5 Å². The molecule has 0 spiro atoms. The van der Waals surface area contributed by atoms with Crippen LogP contribution in [0.5, 0.6) is 0 Å². The van der Waals surface area contributed by atoms with Gasteiger partial charge in [0.25, 0.3) is 0 Å². The van der Waals surface area contributed by atoms with E-state index in [1.54, 1.807) is 12.1 Å². The maximum absolute atomic E-state index is 12.1. The van der Waals surface area contributed by atoms with E-state index in [2.05, 4.69) is 5.10 Å². The van der Waals surface area contributed by atoms with Crippen LogP contribution in [0.4, 0.5) is 5.69 Å². The third-order valence-corrected chi connectivity index (χ3v) is 2.58. The molecule has 0 N–H and O–H groups in total. The van der Waals surface area contributed by atoms with Crippen molar-refractivity contribution in [2.75, 3.05) is 0 Å². The standard InChI is InChI=1S/C11H8ClN3O3/c1-14-6-9(15(17)18)10(13-14)11(16)7-2-4-8(12)5-3-7/h2-6H,1H3. The Morgan fingerprint density at radius 3 is 2.56 bits per heavy atom. The van der Waals surface area contributed by atoms with Crippen molar-refractivity contribution in [2.45, 2.75) is 0 Å². The van der Waals surface area contributed by atoms with E-state index < -0.39 is 10.7 Å². The number of rotatable bonds is 3. The number of carbonyl (C=O) groups excluding carboxylic acids is 1. The largest absolute Gasteiger partial charge is 0.318 e. The van der Waals surface area contributed by atoms with Crippen LogP contribution in [-0.2, 0) is 7.05 Å². The first-order valence-corrected chi connectivity index (χ1v) is 5.35. The maximum atomic E-state index is 12.1. The van der Waals surface area contributed by atoms with E-state index in [9.17, 15) is 14.9 Å². The van der Waals surface area contributed by atoms with Crippen LogP contribution in [0.15, 0.2) is 30.5 Å². The van der Waals surface area contributed by atoms with Crippen LogP contribution in [0.25, 0.3) is 0 Å². The fraction of sp³-hybridized carbons (Fsp3) is 0.0909. The predicted octanol–water partition coefficient (Wildman–Crippen LogP) is 2.21. The van der Waals surface area contributed by atoms with E-state index >= 15 is 0 Å². The zero-order valence-electron chi connectivity index (χ0n) is 9.33. The molecule has 0 fully saturated rings. The molecule has 0 atom stereocenters. The third-order valence-electron chi connectivity index (χ3n) is 2.33. The van der Waals surface area contributed by atoms with Gasteiger partial charge in [-0.1, -0.05) is 11.6 Å². The lowest BCUT2D eigenvalue weighted by Crippen LogP contribution is -2.05. The molecule has 1 aromatic carbocycles. The van der Waals surface area contributed by atoms with Gasteiger partial charge in [0.05, 0.1) is 4.92 Å². The molecule has 0 saturated heterocycles. The summed E-state index contributed by atoms with van der Waals surface area (Å²) in [6.45, 7) is 0. The number of hydrogen-bond acceptors (Lipinski definition) is 4. The quantitative estimate of drug-likeness (QED) is 0.484. The second-order valence-electron chi connectivity index (χ2n) is 3.63. The number of nitrogens with zero attached hydrogens (tertiary/aromatic N) is 3. The molecule has 2 rings (SSSR count). The number of halogens is 1. The van der Waals surface area contributed by atoms with Crippen LogP contribution in [0.2, 0.25) is 5.02 Å². The molecule has 6 nitrogen and oxygen atoms in total. The summed E-state index contributed by atoms with van der Waals surface area (Å²) in [6, 6.07) is 6.10. The Labute approximate surface area is 107 Å². The normalized spacial score (nSPS) is 10.3. The van der Waals surface area contributed by atoms with Crippen molar-refractivity contribution < 1.29 is 9.72 Å². The monoisotopic (exact) mass is 265 g/mol. The highest BCUT2D eigenvalue weighted by atomic mass is 35.5. The molecule has 0 bridgehead atoms. The second kappa shape index (κ2) is 4.58. The first-order valence-electron chi connectivity index (χ1n) is 4.97. The van der Waals surface area contributed by atoms with Crippen LogP contribution < -0.4 is 0 Å². The van der Waals surface area contributed by atoms with Gasteiger partial charge >= 0.3 is 5.69 Å². The summed E-state index contributed by atoms with van der Waals surface area (Å²) < 4.78 is 1.24. The highest BCUT2D eigenvalue weighted by Crippen LogP contribution is 2.20. The molecule has 1 aromatic heterocycles. The van der Waals surface area contributed by atoms with E-state index in [0.29, 0.717) is 10.6 Å². The molecule has 0 aliphatic rings. The zero-order chi connectivity index (χ0) is 13.3.